The van der Waals surface area contributed by atoms with Crippen LogP contribution in [-0.2, 0) is 15.8 Å². The number of aliphatic hydroxyl groups is 1. The van der Waals surface area contributed by atoms with Gasteiger partial charge in [-0.25, -0.2) is 4.90 Å². The fourth-order valence-electron chi connectivity index (χ4n) is 3.07. The fourth-order valence-corrected chi connectivity index (χ4v) is 3.19. The average Bonchev–Trinajstić information content (AvgIpc) is 2.92. The number of benzene rings is 2. The molecular formula is C20H16ClF3N2O3. The van der Waals surface area contributed by atoms with Gasteiger partial charge in [0, 0.05) is 18.6 Å². The lowest BCUT2D eigenvalue weighted by atomic mass is 10.0. The molecule has 1 heterocycles. The first kappa shape index (κ1) is 20.9. The van der Waals surface area contributed by atoms with Crippen LogP contribution in [0.15, 0.2) is 54.2 Å². The third-order valence-corrected chi connectivity index (χ3v) is 4.69. The number of amides is 2. The van der Waals surface area contributed by atoms with Crippen LogP contribution >= 0.6 is 11.6 Å². The van der Waals surface area contributed by atoms with E-state index in [-0.39, 0.29) is 30.1 Å². The summed E-state index contributed by atoms with van der Waals surface area (Å²) in [5.41, 5.74) is -0.750. The minimum atomic E-state index is -4.62. The average molecular weight is 425 g/mol. The molecule has 2 aromatic rings. The van der Waals surface area contributed by atoms with Gasteiger partial charge < -0.3 is 10.0 Å². The number of nitrogens with zero attached hydrogens (tertiary/aromatic N) is 2. The number of likely N-dealkylation sites (N-methyl/N-ethyl adjacent to an activating group) is 1. The van der Waals surface area contributed by atoms with Crippen LogP contribution in [0.2, 0.25) is 5.02 Å². The van der Waals surface area contributed by atoms with E-state index < -0.39 is 23.6 Å². The molecule has 0 atom stereocenters. The summed E-state index contributed by atoms with van der Waals surface area (Å²) in [5, 5.41) is 9.66. The molecule has 2 amide bonds. The number of imide groups is 1. The highest BCUT2D eigenvalue weighted by atomic mass is 35.5. The van der Waals surface area contributed by atoms with Crippen molar-refractivity contribution < 1.29 is 27.9 Å². The molecule has 1 N–H and O–H groups in total. The predicted molar refractivity (Wildman–Crippen MR) is 102 cm³/mol. The zero-order valence-corrected chi connectivity index (χ0v) is 16.0. The summed E-state index contributed by atoms with van der Waals surface area (Å²) in [6.07, 6.45) is -4.62. The molecule has 2 aromatic carbocycles. The standard InChI is InChI=1S/C20H16ClF3N2O3/c1-25(9-10-27)17-16(12-5-7-14(21)8-6-12)18(28)26(19(17)29)15-4-2-3-13(11-15)20(22,23)24/h2-8,11,27H,9-10H2,1H3. The van der Waals surface area contributed by atoms with Gasteiger partial charge in [-0.15, -0.1) is 0 Å². The lowest BCUT2D eigenvalue weighted by Crippen LogP contribution is -2.35. The van der Waals surface area contributed by atoms with E-state index in [0.29, 0.717) is 15.5 Å². The van der Waals surface area contributed by atoms with E-state index >= 15 is 0 Å². The van der Waals surface area contributed by atoms with Crippen LogP contribution in [0.3, 0.4) is 0 Å². The number of anilines is 1. The Labute approximate surface area is 169 Å². The molecule has 0 aromatic heterocycles. The molecule has 0 unspecified atom stereocenters. The third-order valence-electron chi connectivity index (χ3n) is 4.44. The number of halogens is 4. The van der Waals surface area contributed by atoms with Gasteiger partial charge >= 0.3 is 6.18 Å². The summed E-state index contributed by atoms with van der Waals surface area (Å²) in [4.78, 5) is 28.3. The Bertz CT molecular complexity index is 987. The van der Waals surface area contributed by atoms with Crippen molar-refractivity contribution in [1.29, 1.82) is 0 Å². The van der Waals surface area contributed by atoms with Gasteiger partial charge in [0.15, 0.2) is 0 Å². The topological polar surface area (TPSA) is 60.9 Å². The van der Waals surface area contributed by atoms with Crippen LogP contribution in [-0.4, -0.2) is 42.0 Å². The summed E-state index contributed by atoms with van der Waals surface area (Å²) in [6.45, 7) is -0.221. The van der Waals surface area contributed by atoms with E-state index in [1.54, 1.807) is 12.1 Å². The van der Waals surface area contributed by atoms with Crippen molar-refractivity contribution in [3.05, 3.63) is 70.4 Å². The Morgan fingerprint density at radius 2 is 1.72 bits per heavy atom. The minimum Gasteiger partial charge on any atom is -0.395 e. The van der Waals surface area contributed by atoms with E-state index in [0.717, 1.165) is 18.2 Å². The summed E-state index contributed by atoms with van der Waals surface area (Å²) >= 11 is 5.89. The minimum absolute atomic E-state index is 0.0104. The van der Waals surface area contributed by atoms with Crippen LogP contribution < -0.4 is 4.90 Å². The van der Waals surface area contributed by atoms with Gasteiger partial charge in [0.25, 0.3) is 11.8 Å². The second kappa shape index (κ2) is 7.88. The van der Waals surface area contributed by atoms with Crippen molar-refractivity contribution >= 4 is 34.7 Å². The monoisotopic (exact) mass is 424 g/mol. The highest BCUT2D eigenvalue weighted by Gasteiger charge is 2.42. The van der Waals surface area contributed by atoms with E-state index in [2.05, 4.69) is 0 Å². The number of aliphatic hydroxyl groups excluding tert-OH is 1. The maximum Gasteiger partial charge on any atom is 0.416 e. The van der Waals surface area contributed by atoms with E-state index in [4.69, 9.17) is 11.6 Å². The highest BCUT2D eigenvalue weighted by Crippen LogP contribution is 2.37. The van der Waals surface area contributed by atoms with Crippen molar-refractivity contribution in [2.45, 2.75) is 6.18 Å². The number of carbonyl (C=O) groups excluding carboxylic acids is 2. The predicted octanol–water partition coefficient (Wildman–Crippen LogP) is 3.57. The fraction of sp³-hybridized carbons (Fsp3) is 0.200. The molecule has 1 aliphatic heterocycles. The number of hydrogen-bond donors (Lipinski definition) is 1. The maximum absolute atomic E-state index is 13.1. The number of hydrogen-bond acceptors (Lipinski definition) is 4. The molecule has 3 rings (SSSR count). The first-order chi connectivity index (χ1) is 13.6. The van der Waals surface area contributed by atoms with Crippen LogP contribution in [0.25, 0.3) is 5.57 Å². The molecule has 0 fully saturated rings. The van der Waals surface area contributed by atoms with Crippen molar-refractivity contribution in [2.24, 2.45) is 0 Å². The Morgan fingerprint density at radius 1 is 1.07 bits per heavy atom. The van der Waals surface area contributed by atoms with Gasteiger partial charge in [-0.2, -0.15) is 13.2 Å². The van der Waals surface area contributed by atoms with E-state index in [9.17, 15) is 27.9 Å². The second-order valence-electron chi connectivity index (χ2n) is 6.37. The number of rotatable bonds is 5. The molecule has 0 bridgehead atoms. The van der Waals surface area contributed by atoms with Gasteiger partial charge in [-0.1, -0.05) is 29.8 Å². The molecule has 0 spiro atoms. The second-order valence-corrected chi connectivity index (χ2v) is 6.81. The SMILES string of the molecule is CN(CCO)C1=C(c2ccc(Cl)cc2)C(=O)N(c2cccc(C(F)(F)F)c2)C1=O. The van der Waals surface area contributed by atoms with Crippen molar-refractivity contribution in [2.75, 3.05) is 25.1 Å². The zero-order chi connectivity index (χ0) is 21.3. The lowest BCUT2D eigenvalue weighted by molar-refractivity contribution is -0.137. The molecule has 152 valence electrons. The summed E-state index contributed by atoms with van der Waals surface area (Å²) in [6, 6.07) is 10.2. The first-order valence-electron chi connectivity index (χ1n) is 8.53. The van der Waals surface area contributed by atoms with Crippen molar-refractivity contribution in [1.82, 2.24) is 4.90 Å². The molecule has 9 heteroatoms. The summed E-state index contributed by atoms with van der Waals surface area (Å²) < 4.78 is 39.3. The van der Waals surface area contributed by atoms with Crippen molar-refractivity contribution in [3.63, 3.8) is 0 Å². The van der Waals surface area contributed by atoms with E-state index in [1.807, 2.05) is 0 Å². The molecule has 0 radical (unpaired) electrons. The van der Waals surface area contributed by atoms with Crippen molar-refractivity contribution in [3.8, 4) is 0 Å². The van der Waals surface area contributed by atoms with Crippen LogP contribution in [0.4, 0.5) is 18.9 Å². The number of alkyl halides is 3. The van der Waals surface area contributed by atoms with Gasteiger partial charge in [0.05, 0.1) is 23.4 Å². The normalized spacial score (nSPS) is 14.8. The quantitative estimate of drug-likeness (QED) is 0.745. The molecule has 0 aliphatic carbocycles. The third kappa shape index (κ3) is 3.99. The molecule has 0 saturated carbocycles. The van der Waals surface area contributed by atoms with Gasteiger partial charge in [0.2, 0.25) is 0 Å². The smallest absolute Gasteiger partial charge is 0.395 e. The number of carbonyl (C=O) groups is 2. The van der Waals surface area contributed by atoms with Gasteiger partial charge in [0.1, 0.15) is 5.70 Å². The van der Waals surface area contributed by atoms with Crippen LogP contribution in [0.1, 0.15) is 11.1 Å². The Hall–Kier alpha value is -2.84. The summed E-state index contributed by atoms with van der Waals surface area (Å²) in [5.74, 6) is -1.52. The summed E-state index contributed by atoms with van der Waals surface area (Å²) in [7, 11) is 1.52. The van der Waals surface area contributed by atoms with E-state index in [1.165, 1.54) is 30.1 Å². The van der Waals surface area contributed by atoms with Gasteiger partial charge in [-0.05, 0) is 35.9 Å². The molecular weight excluding hydrogens is 409 g/mol. The zero-order valence-electron chi connectivity index (χ0n) is 15.2. The Kier molecular flexibility index (Phi) is 5.68. The molecule has 1 aliphatic rings. The maximum atomic E-state index is 13.1. The Balaban J connectivity index is 2.12. The first-order valence-corrected chi connectivity index (χ1v) is 8.91. The lowest BCUT2D eigenvalue weighted by Gasteiger charge is -2.21. The molecule has 29 heavy (non-hydrogen) atoms. The largest absolute Gasteiger partial charge is 0.416 e. The Morgan fingerprint density at radius 3 is 2.31 bits per heavy atom. The van der Waals surface area contributed by atoms with Gasteiger partial charge in [-0.3, -0.25) is 9.59 Å². The molecule has 0 saturated heterocycles. The van der Waals surface area contributed by atoms with Crippen LogP contribution in [0, 0.1) is 0 Å². The van der Waals surface area contributed by atoms with Crippen LogP contribution in [0.5, 0.6) is 0 Å². The molecule has 5 nitrogen and oxygen atoms in total. The highest BCUT2D eigenvalue weighted by molar-refractivity contribution is 6.45.